The van der Waals surface area contributed by atoms with E-state index in [-0.39, 0.29) is 43.9 Å². The molecule has 1 fully saturated rings. The Balaban J connectivity index is 1.42. The normalized spacial score (nSPS) is 13.7. The average molecular weight is 742 g/mol. The zero-order valence-corrected chi connectivity index (χ0v) is 30.9. The Bertz CT molecular complexity index is 2060. The van der Waals surface area contributed by atoms with Gasteiger partial charge in [0.25, 0.3) is 5.89 Å². The molecule has 1 aliphatic rings. The summed E-state index contributed by atoms with van der Waals surface area (Å²) in [5.41, 5.74) is 1.49. The molecule has 0 aliphatic carbocycles. The number of oxazole rings is 1. The lowest BCUT2D eigenvalue weighted by molar-refractivity contribution is -0.134. The summed E-state index contributed by atoms with van der Waals surface area (Å²) < 4.78 is 38.1. The molecule has 14 heteroatoms. The molecule has 0 atom stereocenters. The monoisotopic (exact) mass is 741 g/mol. The summed E-state index contributed by atoms with van der Waals surface area (Å²) in [5.74, 6) is -3.73. The Kier molecular flexibility index (Phi) is 12.3. The number of nitrogens with zero attached hydrogens (tertiary/aromatic N) is 5. The summed E-state index contributed by atoms with van der Waals surface area (Å²) in [7, 11) is -3.97. The predicted octanol–water partition coefficient (Wildman–Crippen LogP) is 5.99. The maximum atomic E-state index is 14.5. The van der Waals surface area contributed by atoms with Crippen LogP contribution >= 0.6 is 0 Å². The molecule has 278 valence electrons. The number of imide groups is 2. The number of sulfone groups is 1. The molecule has 1 saturated heterocycles. The molecular formula is C39H43N5O8S. The lowest BCUT2D eigenvalue weighted by Crippen LogP contribution is -2.53. The number of aryl methyl sites for hydroxylation is 1. The van der Waals surface area contributed by atoms with Gasteiger partial charge < -0.3 is 14.1 Å². The number of carbonyl (C=O) groups is 4. The van der Waals surface area contributed by atoms with Crippen LogP contribution in [0, 0.1) is 17.2 Å². The number of para-hydroxylation sites is 2. The summed E-state index contributed by atoms with van der Waals surface area (Å²) in [6, 6.07) is 23.5. The van der Waals surface area contributed by atoms with Crippen molar-refractivity contribution in [2.24, 2.45) is 5.92 Å². The highest BCUT2D eigenvalue weighted by molar-refractivity contribution is 7.90. The highest BCUT2D eigenvalue weighted by Gasteiger charge is 2.39. The SMILES string of the molecule is CC(C)(C)OC(=O)N1CCC(C(=O)N(CCS(=O)(=O)Cc2ccccc2C#N)C(=O)N(CCCc2ccccc2)C(=O)c2nc3ccccc3o2)CC1. The van der Waals surface area contributed by atoms with Gasteiger partial charge in [0, 0.05) is 32.1 Å². The second-order valence-corrected chi connectivity index (χ2v) is 16.1. The van der Waals surface area contributed by atoms with E-state index in [2.05, 4.69) is 4.98 Å². The third-order valence-electron chi connectivity index (χ3n) is 8.77. The molecule has 0 spiro atoms. The molecule has 1 aromatic heterocycles. The highest BCUT2D eigenvalue weighted by Crippen LogP contribution is 2.24. The van der Waals surface area contributed by atoms with Crippen molar-refractivity contribution in [3.63, 3.8) is 0 Å². The number of piperidine rings is 1. The maximum Gasteiger partial charge on any atom is 0.410 e. The molecular weight excluding hydrogens is 699 g/mol. The number of ether oxygens (including phenoxy) is 1. The Labute approximate surface area is 309 Å². The van der Waals surface area contributed by atoms with E-state index in [1.165, 1.54) is 17.0 Å². The first-order valence-electron chi connectivity index (χ1n) is 17.5. The third-order valence-corrected chi connectivity index (χ3v) is 10.3. The van der Waals surface area contributed by atoms with Gasteiger partial charge in [-0.05, 0) is 75.8 Å². The van der Waals surface area contributed by atoms with Crippen molar-refractivity contribution in [2.45, 2.75) is 57.8 Å². The van der Waals surface area contributed by atoms with Crippen molar-refractivity contribution in [3.8, 4) is 6.07 Å². The van der Waals surface area contributed by atoms with E-state index in [0.29, 0.717) is 29.5 Å². The van der Waals surface area contributed by atoms with Gasteiger partial charge in [0.2, 0.25) is 5.91 Å². The molecule has 1 aliphatic heterocycles. The van der Waals surface area contributed by atoms with Crippen molar-refractivity contribution in [2.75, 3.05) is 31.9 Å². The van der Waals surface area contributed by atoms with Gasteiger partial charge in [0.05, 0.1) is 23.1 Å². The fraction of sp³-hybridized carbons (Fsp3) is 0.385. The molecule has 53 heavy (non-hydrogen) atoms. The number of likely N-dealkylation sites (tertiary alicyclic amines) is 1. The molecule has 0 unspecified atom stereocenters. The van der Waals surface area contributed by atoms with Crippen LogP contribution in [-0.4, -0.2) is 89.6 Å². The standard InChI is InChI=1S/C39H43N5O8S/c1-39(2,3)52-38(48)42-22-19-29(20-23-42)35(45)44(24-25-53(49,50)27-31-16-8-7-15-30(31)26-40)37(47)43(21-11-14-28-12-5-4-6-13-28)36(46)34-41-32-17-9-10-18-33(32)51-34/h4-10,12-13,15-18,29H,11,14,19-25,27H2,1-3H3. The van der Waals surface area contributed by atoms with Crippen LogP contribution in [0.25, 0.3) is 11.1 Å². The Morgan fingerprint density at radius 2 is 1.58 bits per heavy atom. The van der Waals surface area contributed by atoms with Crippen LogP contribution in [0.5, 0.6) is 0 Å². The van der Waals surface area contributed by atoms with E-state index in [1.54, 1.807) is 57.2 Å². The summed E-state index contributed by atoms with van der Waals surface area (Å²) >= 11 is 0. The minimum atomic E-state index is -3.97. The van der Waals surface area contributed by atoms with Gasteiger partial charge in [-0.2, -0.15) is 5.26 Å². The van der Waals surface area contributed by atoms with Gasteiger partial charge >= 0.3 is 18.0 Å². The van der Waals surface area contributed by atoms with Crippen molar-refractivity contribution in [1.29, 1.82) is 5.26 Å². The van der Waals surface area contributed by atoms with Gasteiger partial charge in [0.1, 0.15) is 11.1 Å². The summed E-state index contributed by atoms with van der Waals surface area (Å²) in [6.07, 6.45) is 0.707. The predicted molar refractivity (Wildman–Crippen MR) is 196 cm³/mol. The first kappa shape index (κ1) is 38.7. The van der Waals surface area contributed by atoms with E-state index in [1.807, 2.05) is 36.4 Å². The highest BCUT2D eigenvalue weighted by atomic mass is 32.2. The Morgan fingerprint density at radius 1 is 0.925 bits per heavy atom. The van der Waals surface area contributed by atoms with Gasteiger partial charge in [-0.15, -0.1) is 0 Å². The number of urea groups is 1. The molecule has 2 heterocycles. The lowest BCUT2D eigenvalue weighted by atomic mass is 9.95. The van der Waals surface area contributed by atoms with Gasteiger partial charge in [-0.3, -0.25) is 19.4 Å². The molecule has 3 aromatic carbocycles. The lowest BCUT2D eigenvalue weighted by Gasteiger charge is -2.35. The van der Waals surface area contributed by atoms with E-state index in [4.69, 9.17) is 9.15 Å². The van der Waals surface area contributed by atoms with Gasteiger partial charge in [-0.25, -0.2) is 23.0 Å². The number of hydrogen-bond acceptors (Lipinski definition) is 10. The average Bonchev–Trinajstić information content (AvgIpc) is 3.57. The molecule has 0 N–H and O–H groups in total. The molecule has 4 aromatic rings. The van der Waals surface area contributed by atoms with Gasteiger partial charge in [-0.1, -0.05) is 60.7 Å². The van der Waals surface area contributed by atoms with E-state index < -0.39 is 63.3 Å². The molecule has 0 saturated carbocycles. The summed E-state index contributed by atoms with van der Waals surface area (Å²) in [6.45, 7) is 4.96. The Hall–Kier alpha value is -5.55. The van der Waals surface area contributed by atoms with Crippen molar-refractivity contribution in [1.82, 2.24) is 19.7 Å². The fourth-order valence-electron chi connectivity index (χ4n) is 6.05. The molecule has 0 radical (unpaired) electrons. The minimum Gasteiger partial charge on any atom is -0.444 e. The second-order valence-electron chi connectivity index (χ2n) is 13.9. The minimum absolute atomic E-state index is 0.117. The molecule has 13 nitrogen and oxygen atoms in total. The van der Waals surface area contributed by atoms with Crippen LogP contribution in [0.2, 0.25) is 0 Å². The summed E-state index contributed by atoms with van der Waals surface area (Å²) in [4.78, 5) is 63.1. The zero-order valence-electron chi connectivity index (χ0n) is 30.1. The first-order chi connectivity index (χ1) is 25.2. The number of amides is 5. The van der Waals surface area contributed by atoms with E-state index >= 15 is 0 Å². The number of nitriles is 1. The van der Waals surface area contributed by atoms with Crippen molar-refractivity contribution >= 4 is 44.9 Å². The van der Waals surface area contributed by atoms with E-state index in [9.17, 15) is 32.9 Å². The number of rotatable bonds is 11. The van der Waals surface area contributed by atoms with Crippen LogP contribution in [0.3, 0.4) is 0 Å². The maximum absolute atomic E-state index is 14.5. The van der Waals surface area contributed by atoms with Crippen molar-refractivity contribution in [3.05, 3.63) is 101 Å². The number of hydrogen-bond donors (Lipinski definition) is 0. The largest absolute Gasteiger partial charge is 0.444 e. The van der Waals surface area contributed by atoms with Gasteiger partial charge in [0.15, 0.2) is 15.4 Å². The topological polar surface area (TPSA) is 171 Å². The van der Waals surface area contributed by atoms with Crippen molar-refractivity contribution < 1.29 is 36.7 Å². The third kappa shape index (κ3) is 10.3. The Morgan fingerprint density at radius 3 is 2.26 bits per heavy atom. The van der Waals surface area contributed by atoms with Crippen LogP contribution in [0.15, 0.2) is 83.3 Å². The number of carbonyl (C=O) groups excluding carboxylic acids is 4. The molecule has 5 rings (SSSR count). The first-order valence-corrected chi connectivity index (χ1v) is 19.3. The van der Waals surface area contributed by atoms with Crippen LogP contribution < -0.4 is 0 Å². The van der Waals surface area contributed by atoms with Crippen LogP contribution in [-0.2, 0) is 31.5 Å². The molecule has 5 amide bonds. The van der Waals surface area contributed by atoms with E-state index in [0.717, 1.165) is 15.4 Å². The second kappa shape index (κ2) is 16.9. The van der Waals surface area contributed by atoms with Crippen LogP contribution in [0.1, 0.15) is 67.4 Å². The number of fused-ring (bicyclic) bond motifs is 1. The smallest absolute Gasteiger partial charge is 0.410 e. The molecule has 0 bridgehead atoms. The van der Waals surface area contributed by atoms with Crippen LogP contribution in [0.4, 0.5) is 9.59 Å². The number of aromatic nitrogens is 1. The fourth-order valence-corrected chi connectivity index (χ4v) is 7.38. The zero-order chi connectivity index (χ0) is 38.2. The summed E-state index contributed by atoms with van der Waals surface area (Å²) in [5, 5.41) is 9.50. The quantitative estimate of drug-likeness (QED) is 0.178. The number of benzene rings is 3.